The lowest BCUT2D eigenvalue weighted by molar-refractivity contribution is 1.06. The van der Waals surface area contributed by atoms with E-state index in [4.69, 9.17) is 0 Å². The Bertz CT molecular complexity index is 82.2. The fourth-order valence-electron chi connectivity index (χ4n) is 0.244. The average molecular weight is 97.2 g/mol. The summed E-state index contributed by atoms with van der Waals surface area (Å²) in [5.41, 5.74) is 1.13. The lowest BCUT2D eigenvalue weighted by atomic mass is 10.5. The first-order valence-corrected chi connectivity index (χ1v) is 2.31. The highest BCUT2D eigenvalue weighted by atomic mass is 14.8. The van der Waals surface area contributed by atoms with Gasteiger partial charge < -0.3 is 5.32 Å². The van der Waals surface area contributed by atoms with Crippen molar-refractivity contribution < 1.29 is 0 Å². The van der Waals surface area contributed by atoms with Crippen molar-refractivity contribution in [1.82, 2.24) is 5.32 Å². The molecule has 0 aromatic rings. The molecule has 1 heteroatoms. The largest absolute Gasteiger partial charge is 0.366 e. The van der Waals surface area contributed by atoms with E-state index in [1.54, 1.807) is 6.20 Å². The number of hydrogen-bond donors (Lipinski definition) is 1. The lowest BCUT2D eigenvalue weighted by Gasteiger charge is -1.93. The molecular formula is C6H11N. The first kappa shape index (κ1) is 6.28. The summed E-state index contributed by atoms with van der Waals surface area (Å²) in [7, 11) is 0. The second kappa shape index (κ2) is 3.47. The van der Waals surface area contributed by atoms with Gasteiger partial charge in [-0.05, 0) is 20.0 Å². The Balaban J connectivity index is 3.36. The predicted molar refractivity (Wildman–Crippen MR) is 32.8 cm³/mol. The predicted octanol–water partition coefficient (Wildman–Crippen LogP) is 1.64. The third-order valence-electron chi connectivity index (χ3n) is 0.763. The standard InChI is InChI=1S/C6H11N/c1-4-6(3)7-5-2/h4-5,7H,2H2,1,3H3. The maximum absolute atomic E-state index is 3.50. The molecule has 1 N–H and O–H groups in total. The molecule has 0 saturated heterocycles. The number of rotatable bonds is 2. The van der Waals surface area contributed by atoms with E-state index in [-0.39, 0.29) is 0 Å². The molecule has 0 radical (unpaired) electrons. The maximum Gasteiger partial charge on any atom is 0.00712 e. The highest BCUT2D eigenvalue weighted by Crippen LogP contribution is 1.81. The van der Waals surface area contributed by atoms with Crippen molar-refractivity contribution in [3.63, 3.8) is 0 Å². The summed E-state index contributed by atoms with van der Waals surface area (Å²) in [5, 5.41) is 2.92. The molecule has 0 unspecified atom stereocenters. The fourth-order valence-corrected chi connectivity index (χ4v) is 0.244. The van der Waals surface area contributed by atoms with Gasteiger partial charge in [-0.1, -0.05) is 12.7 Å². The number of nitrogens with one attached hydrogen (secondary N) is 1. The van der Waals surface area contributed by atoms with E-state index in [0.717, 1.165) is 5.70 Å². The summed E-state index contributed by atoms with van der Waals surface area (Å²) in [4.78, 5) is 0. The second-order valence-electron chi connectivity index (χ2n) is 1.32. The van der Waals surface area contributed by atoms with Gasteiger partial charge in [0, 0.05) is 5.70 Å². The summed E-state index contributed by atoms with van der Waals surface area (Å²) in [6, 6.07) is 0. The van der Waals surface area contributed by atoms with Gasteiger partial charge in [0.05, 0.1) is 0 Å². The quantitative estimate of drug-likeness (QED) is 0.552. The van der Waals surface area contributed by atoms with Crippen LogP contribution in [0, 0.1) is 0 Å². The van der Waals surface area contributed by atoms with E-state index in [9.17, 15) is 0 Å². The molecule has 0 rings (SSSR count). The van der Waals surface area contributed by atoms with Crippen LogP contribution in [0.3, 0.4) is 0 Å². The van der Waals surface area contributed by atoms with Crippen molar-refractivity contribution in [2.45, 2.75) is 13.8 Å². The third-order valence-corrected chi connectivity index (χ3v) is 0.763. The zero-order valence-electron chi connectivity index (χ0n) is 4.86. The van der Waals surface area contributed by atoms with Gasteiger partial charge in [-0.25, -0.2) is 0 Å². The summed E-state index contributed by atoms with van der Waals surface area (Å²) in [6.45, 7) is 7.46. The van der Waals surface area contributed by atoms with Gasteiger partial charge in [0.25, 0.3) is 0 Å². The van der Waals surface area contributed by atoms with Crippen molar-refractivity contribution in [2.24, 2.45) is 0 Å². The normalized spacial score (nSPS) is 10.9. The molecule has 0 atom stereocenters. The van der Waals surface area contributed by atoms with Crippen LogP contribution in [0.5, 0.6) is 0 Å². The topological polar surface area (TPSA) is 12.0 Å². The van der Waals surface area contributed by atoms with Crippen molar-refractivity contribution in [2.75, 3.05) is 0 Å². The summed E-state index contributed by atoms with van der Waals surface area (Å²) >= 11 is 0. The molecule has 0 aliphatic rings. The van der Waals surface area contributed by atoms with Crippen LogP contribution in [0.2, 0.25) is 0 Å². The SMILES string of the molecule is C=CNC(C)=CC. The zero-order chi connectivity index (χ0) is 5.70. The third kappa shape index (κ3) is 3.10. The molecule has 0 bridgehead atoms. The minimum absolute atomic E-state index is 1.13. The zero-order valence-corrected chi connectivity index (χ0v) is 4.86. The summed E-state index contributed by atoms with van der Waals surface area (Å²) < 4.78 is 0. The van der Waals surface area contributed by atoms with Gasteiger partial charge in [0.2, 0.25) is 0 Å². The van der Waals surface area contributed by atoms with Crippen molar-refractivity contribution in [1.29, 1.82) is 0 Å². The van der Waals surface area contributed by atoms with E-state index in [1.165, 1.54) is 0 Å². The average Bonchev–Trinajstić information content (AvgIpc) is 1.68. The van der Waals surface area contributed by atoms with Gasteiger partial charge in [-0.15, -0.1) is 0 Å². The Hall–Kier alpha value is -0.720. The molecule has 0 aromatic heterocycles. The molecule has 0 amide bonds. The molecule has 0 aliphatic carbocycles. The molecule has 1 nitrogen and oxygen atoms in total. The van der Waals surface area contributed by atoms with E-state index in [0.29, 0.717) is 0 Å². The van der Waals surface area contributed by atoms with Crippen molar-refractivity contribution >= 4 is 0 Å². The first-order valence-electron chi connectivity index (χ1n) is 2.31. The van der Waals surface area contributed by atoms with E-state index in [2.05, 4.69) is 11.9 Å². The molecule has 0 fully saturated rings. The van der Waals surface area contributed by atoms with Crippen LogP contribution in [0.15, 0.2) is 24.6 Å². The molecule has 0 aliphatic heterocycles. The highest BCUT2D eigenvalue weighted by Gasteiger charge is 1.72. The van der Waals surface area contributed by atoms with Gasteiger partial charge >= 0.3 is 0 Å². The minimum atomic E-state index is 1.13. The van der Waals surface area contributed by atoms with Crippen molar-refractivity contribution in [3.05, 3.63) is 24.6 Å². The lowest BCUT2D eigenvalue weighted by Crippen LogP contribution is -1.97. The second-order valence-corrected chi connectivity index (χ2v) is 1.32. The summed E-state index contributed by atoms with van der Waals surface area (Å²) in [5.74, 6) is 0. The van der Waals surface area contributed by atoms with E-state index in [1.807, 2.05) is 19.9 Å². The van der Waals surface area contributed by atoms with Gasteiger partial charge in [-0.2, -0.15) is 0 Å². The Kier molecular flexibility index (Phi) is 3.11. The molecular weight excluding hydrogens is 86.1 g/mol. The molecule has 40 valence electrons. The molecule has 7 heavy (non-hydrogen) atoms. The smallest absolute Gasteiger partial charge is 0.00712 e. The van der Waals surface area contributed by atoms with Crippen LogP contribution in [-0.4, -0.2) is 0 Å². The maximum atomic E-state index is 3.50. The van der Waals surface area contributed by atoms with Crippen molar-refractivity contribution in [3.8, 4) is 0 Å². The highest BCUT2D eigenvalue weighted by molar-refractivity contribution is 4.95. The van der Waals surface area contributed by atoms with Crippen LogP contribution in [0.1, 0.15) is 13.8 Å². The number of allylic oxidation sites excluding steroid dienone is 2. The van der Waals surface area contributed by atoms with E-state index < -0.39 is 0 Å². The van der Waals surface area contributed by atoms with Gasteiger partial charge in [-0.3, -0.25) is 0 Å². The van der Waals surface area contributed by atoms with Crippen LogP contribution in [0.4, 0.5) is 0 Å². The van der Waals surface area contributed by atoms with Crippen LogP contribution < -0.4 is 5.32 Å². The van der Waals surface area contributed by atoms with Crippen LogP contribution in [-0.2, 0) is 0 Å². The first-order chi connectivity index (χ1) is 3.31. The molecule has 0 spiro atoms. The molecule has 0 heterocycles. The van der Waals surface area contributed by atoms with Crippen LogP contribution in [0.25, 0.3) is 0 Å². The minimum Gasteiger partial charge on any atom is -0.366 e. The fraction of sp³-hybridized carbons (Fsp3) is 0.333. The Labute approximate surface area is 44.7 Å². The summed E-state index contributed by atoms with van der Waals surface area (Å²) in [6.07, 6.45) is 3.65. The Morgan fingerprint density at radius 1 is 1.71 bits per heavy atom. The Morgan fingerprint density at radius 3 is 2.43 bits per heavy atom. The number of hydrogen-bond acceptors (Lipinski definition) is 1. The monoisotopic (exact) mass is 97.1 g/mol. The van der Waals surface area contributed by atoms with Gasteiger partial charge in [0.15, 0.2) is 0 Å². The molecule has 0 saturated carbocycles. The van der Waals surface area contributed by atoms with E-state index >= 15 is 0 Å². The Morgan fingerprint density at radius 2 is 2.29 bits per heavy atom. The molecule has 0 aromatic carbocycles. The van der Waals surface area contributed by atoms with Crippen LogP contribution >= 0.6 is 0 Å². The van der Waals surface area contributed by atoms with Gasteiger partial charge in [0.1, 0.15) is 0 Å².